The van der Waals surface area contributed by atoms with Gasteiger partial charge in [-0.15, -0.1) is 0 Å². The first-order valence-electron chi connectivity index (χ1n) is 20.8. The minimum absolute atomic E-state index is 0.00481. The van der Waals surface area contributed by atoms with Gasteiger partial charge in [0.15, 0.2) is 0 Å². The lowest BCUT2D eigenvalue weighted by atomic mass is 9.33. The zero-order valence-electron chi connectivity index (χ0n) is 32.0. The first-order chi connectivity index (χ1) is 29.3. The molecule has 0 amide bonds. The molecule has 6 heterocycles. The number of rotatable bonds is 2. The van der Waals surface area contributed by atoms with Gasteiger partial charge in [-0.2, -0.15) is 0 Å². The van der Waals surface area contributed by atoms with Gasteiger partial charge in [0, 0.05) is 83.9 Å². The molecule has 4 aliphatic rings. The lowest BCUT2D eigenvalue weighted by Crippen LogP contribution is -2.61. The molecular weight excluding hydrogens is 715 g/mol. The molecule has 1 unspecified atom stereocenters. The Bertz CT molecular complexity index is 3670. The number of anilines is 6. The molecule has 59 heavy (non-hydrogen) atoms. The molecule has 0 saturated carbocycles. The molecule has 1 aliphatic carbocycles. The zero-order valence-corrected chi connectivity index (χ0v) is 32.0. The van der Waals surface area contributed by atoms with Crippen LogP contribution in [0.3, 0.4) is 0 Å². The second-order valence-corrected chi connectivity index (χ2v) is 16.8. The van der Waals surface area contributed by atoms with E-state index in [1.165, 1.54) is 116 Å². The van der Waals surface area contributed by atoms with Gasteiger partial charge in [-0.25, -0.2) is 0 Å². The van der Waals surface area contributed by atoms with E-state index in [4.69, 9.17) is 0 Å². The van der Waals surface area contributed by atoms with Gasteiger partial charge in [-0.05, 0) is 101 Å². The van der Waals surface area contributed by atoms with E-state index in [1.807, 2.05) is 0 Å². The van der Waals surface area contributed by atoms with E-state index in [0.29, 0.717) is 5.92 Å². The van der Waals surface area contributed by atoms with Crippen LogP contribution in [-0.4, -0.2) is 15.7 Å². The van der Waals surface area contributed by atoms with Crippen LogP contribution in [0.2, 0.25) is 0 Å². The van der Waals surface area contributed by atoms with Crippen molar-refractivity contribution in [2.45, 2.75) is 12.3 Å². The molecule has 3 aliphatic heterocycles. The van der Waals surface area contributed by atoms with Gasteiger partial charge in [0.1, 0.15) is 0 Å². The second kappa shape index (κ2) is 10.7. The molecule has 0 N–H and O–H groups in total. The average molecular weight is 749 g/mol. The minimum Gasteiger partial charge on any atom is -0.312 e. The van der Waals surface area contributed by atoms with Gasteiger partial charge in [-0.3, -0.25) is 0 Å². The second-order valence-electron chi connectivity index (χ2n) is 16.8. The Kier molecular flexibility index (Phi) is 5.56. The summed E-state index contributed by atoms with van der Waals surface area (Å²) in [5.41, 5.74) is 22.0. The lowest BCUT2D eigenvalue weighted by Gasteiger charge is -2.44. The highest BCUT2D eigenvalue weighted by Gasteiger charge is 2.46. The maximum atomic E-state index is 2.60. The van der Waals surface area contributed by atoms with Crippen LogP contribution < -0.4 is 26.2 Å². The van der Waals surface area contributed by atoms with Gasteiger partial charge >= 0.3 is 0 Å². The monoisotopic (exact) mass is 748 g/mol. The molecular formula is C54H33BN4. The number of allylic oxidation sites excluding steroid dienone is 1. The third kappa shape index (κ3) is 3.65. The highest BCUT2D eigenvalue weighted by Crippen LogP contribution is 2.52. The fourth-order valence-electron chi connectivity index (χ4n) is 11.9. The summed E-state index contributed by atoms with van der Waals surface area (Å²) in [4.78, 5) is 5.09. The van der Waals surface area contributed by atoms with Crippen LogP contribution in [0.5, 0.6) is 0 Å². The quantitative estimate of drug-likeness (QED) is 0.164. The van der Waals surface area contributed by atoms with Crippen LogP contribution in [0.1, 0.15) is 29.2 Å². The van der Waals surface area contributed by atoms with E-state index >= 15 is 0 Å². The van der Waals surface area contributed by atoms with Crippen LogP contribution in [0.4, 0.5) is 34.1 Å². The van der Waals surface area contributed by atoms with Crippen LogP contribution in [-0.2, 0) is 0 Å². The van der Waals surface area contributed by atoms with E-state index in [-0.39, 0.29) is 6.71 Å². The number of para-hydroxylation sites is 5. The number of aromatic nitrogens is 2. The fourth-order valence-corrected chi connectivity index (χ4v) is 11.9. The number of benzene rings is 8. The predicted octanol–water partition coefficient (Wildman–Crippen LogP) is 11.7. The normalized spacial score (nSPS) is 15.7. The van der Waals surface area contributed by atoms with Crippen LogP contribution in [0.25, 0.3) is 60.8 Å². The summed E-state index contributed by atoms with van der Waals surface area (Å²) in [6, 6.07) is 64.0. The molecule has 5 heteroatoms. The van der Waals surface area contributed by atoms with Crippen molar-refractivity contribution >= 4 is 112 Å². The molecule has 3 aromatic heterocycles. The lowest BCUT2D eigenvalue weighted by molar-refractivity contribution is 0.820. The summed E-state index contributed by atoms with van der Waals surface area (Å²) >= 11 is 0. The van der Waals surface area contributed by atoms with Crippen LogP contribution in [0.15, 0.2) is 176 Å². The maximum absolute atomic E-state index is 2.60. The number of fused-ring (bicyclic) bond motifs is 16. The molecule has 0 fully saturated rings. The molecule has 272 valence electrons. The minimum atomic E-state index is -0.00481. The molecule has 4 nitrogen and oxygen atoms in total. The first-order valence-corrected chi connectivity index (χ1v) is 20.8. The van der Waals surface area contributed by atoms with E-state index < -0.39 is 0 Å². The Morgan fingerprint density at radius 2 is 1.07 bits per heavy atom. The van der Waals surface area contributed by atoms with Gasteiger partial charge in [0.05, 0.1) is 22.1 Å². The smallest absolute Gasteiger partial charge is 0.252 e. The highest BCUT2D eigenvalue weighted by atomic mass is 15.2. The van der Waals surface area contributed by atoms with Crippen molar-refractivity contribution in [2.75, 3.05) is 9.80 Å². The standard InChI is InChI=1S/C54H33BN4/c1-3-14-32(15-4-1)56-46-26-13-27-47-52(46)55(42-30-48-40(28-50(42)56)38-22-11-20-36-34-18-7-9-24-44(34)58(48)53(36)38)43-31-49-41(29-51(43)57(47)33-16-5-2-6-17-33)39-23-12-21-37-35-19-8-10-25-45(35)59(49)54(37)39/h1-22,24-31,39H,23H2. The molecule has 0 saturated heterocycles. The van der Waals surface area contributed by atoms with E-state index in [2.05, 4.69) is 201 Å². The van der Waals surface area contributed by atoms with Gasteiger partial charge in [-0.1, -0.05) is 109 Å². The number of nitrogens with zero attached hydrogens (tertiary/aromatic N) is 4. The van der Waals surface area contributed by atoms with Crippen molar-refractivity contribution in [3.8, 4) is 5.69 Å². The Balaban J connectivity index is 1.10. The summed E-state index contributed by atoms with van der Waals surface area (Å²) in [6.07, 6.45) is 5.77. The Labute approximate surface area is 340 Å². The van der Waals surface area contributed by atoms with Crippen molar-refractivity contribution in [3.63, 3.8) is 0 Å². The highest BCUT2D eigenvalue weighted by molar-refractivity contribution is 7.00. The van der Waals surface area contributed by atoms with Crippen molar-refractivity contribution in [3.05, 3.63) is 193 Å². The first kappa shape index (κ1) is 30.6. The summed E-state index contributed by atoms with van der Waals surface area (Å²) in [6.45, 7) is -0.00481. The summed E-state index contributed by atoms with van der Waals surface area (Å²) in [5.74, 6) is 0.312. The van der Waals surface area contributed by atoms with Crippen molar-refractivity contribution in [2.24, 2.45) is 0 Å². The SMILES string of the molecule is C1=Cc2c3n(c4ccccc24)-c2cc4c(cc2C3C1)N(c1ccccc1)c1cccc2c1B4c1cc3c(cc1N2c1ccccc1)c1cccc2c4ccccc4n3c21. The number of hydrogen-bond acceptors (Lipinski definition) is 2. The fraction of sp³-hybridized carbons (Fsp3) is 0.0370. The van der Waals surface area contributed by atoms with Crippen LogP contribution in [0, 0.1) is 0 Å². The molecule has 11 aromatic rings. The van der Waals surface area contributed by atoms with E-state index in [1.54, 1.807) is 0 Å². The van der Waals surface area contributed by atoms with Crippen LogP contribution >= 0.6 is 0 Å². The summed E-state index contributed by atoms with van der Waals surface area (Å²) < 4.78 is 5.14. The Morgan fingerprint density at radius 3 is 1.83 bits per heavy atom. The topological polar surface area (TPSA) is 15.8 Å². The predicted molar refractivity (Wildman–Crippen MR) is 247 cm³/mol. The van der Waals surface area contributed by atoms with Gasteiger partial charge in [0.25, 0.3) is 6.71 Å². The van der Waals surface area contributed by atoms with Crippen molar-refractivity contribution in [1.82, 2.24) is 8.97 Å². The molecule has 0 radical (unpaired) electrons. The Morgan fingerprint density at radius 1 is 0.458 bits per heavy atom. The summed E-state index contributed by atoms with van der Waals surface area (Å²) in [5, 5.41) is 6.54. The van der Waals surface area contributed by atoms with E-state index in [9.17, 15) is 0 Å². The number of hydrogen-bond donors (Lipinski definition) is 0. The third-order valence-corrected chi connectivity index (χ3v) is 14.1. The molecule has 15 rings (SSSR count). The molecule has 1 atom stereocenters. The average Bonchev–Trinajstić information content (AvgIpc) is 4.02. The van der Waals surface area contributed by atoms with Gasteiger partial charge < -0.3 is 18.8 Å². The third-order valence-electron chi connectivity index (χ3n) is 14.1. The molecule has 8 aromatic carbocycles. The van der Waals surface area contributed by atoms with Crippen molar-refractivity contribution < 1.29 is 0 Å². The van der Waals surface area contributed by atoms with Crippen molar-refractivity contribution in [1.29, 1.82) is 0 Å². The largest absolute Gasteiger partial charge is 0.312 e. The summed E-state index contributed by atoms with van der Waals surface area (Å²) in [7, 11) is 0. The maximum Gasteiger partial charge on any atom is 0.252 e. The van der Waals surface area contributed by atoms with Gasteiger partial charge in [0.2, 0.25) is 0 Å². The molecule has 0 bridgehead atoms. The van der Waals surface area contributed by atoms with E-state index in [0.717, 1.165) is 12.1 Å². The zero-order chi connectivity index (χ0) is 38.1. The molecule has 0 spiro atoms. The Hall–Kier alpha value is -7.50.